The van der Waals surface area contributed by atoms with Gasteiger partial charge >= 0.3 is 10.3 Å². The number of rotatable bonds is 14. The van der Waals surface area contributed by atoms with E-state index in [1.165, 1.54) is 56.0 Å². The van der Waals surface area contributed by atoms with Crippen LogP contribution in [-0.2, 0) is 35.3 Å². The molecular weight excluding hydrogens is 576 g/mol. The first-order chi connectivity index (χ1) is 17.7. The van der Waals surface area contributed by atoms with Crippen LogP contribution in [0.2, 0.25) is 0 Å². The Morgan fingerprint density at radius 3 is 1.85 bits per heavy atom. The zero-order valence-electron chi connectivity index (χ0n) is 21.8. The quantitative estimate of drug-likeness (QED) is 0.151. The van der Waals surface area contributed by atoms with Crippen LogP contribution in [0.25, 0.3) is 5.57 Å². The summed E-state index contributed by atoms with van der Waals surface area (Å²) in [5, 5.41) is 8.51. The number of nitrogens with zero attached hydrogens (tertiary/aromatic N) is 1. The zero-order chi connectivity index (χ0) is 30.1. The highest BCUT2D eigenvalue weighted by molar-refractivity contribution is 7.87. The average molecular weight is 611 g/mol. The number of carbonyl (C=O) groups is 1. The van der Waals surface area contributed by atoms with E-state index in [1.54, 1.807) is 6.92 Å². The summed E-state index contributed by atoms with van der Waals surface area (Å²) in [6.45, 7) is 9.29. The topological polar surface area (TPSA) is 216 Å². The normalized spacial score (nSPS) is 20.6. The van der Waals surface area contributed by atoms with Crippen molar-refractivity contribution in [1.82, 2.24) is 4.90 Å². The van der Waals surface area contributed by atoms with E-state index in [0.29, 0.717) is 0 Å². The Hall–Kier alpha value is -2.34. The van der Waals surface area contributed by atoms with E-state index in [4.69, 9.17) is 4.55 Å². The summed E-state index contributed by atoms with van der Waals surface area (Å²) < 4.78 is 98.6. The summed E-state index contributed by atoms with van der Waals surface area (Å²) in [5.41, 5.74) is 0.200. The number of nitrogens with one attached hydrogen (secondary N) is 1. The Morgan fingerprint density at radius 1 is 0.923 bits per heavy atom. The Labute approximate surface area is 229 Å². The summed E-state index contributed by atoms with van der Waals surface area (Å²) in [5.74, 6) is -2.91. The monoisotopic (exact) mass is 610 g/mol. The van der Waals surface area contributed by atoms with Gasteiger partial charge in [-0.25, -0.2) is 0 Å². The number of carbonyl (C=O) groups excluding carboxylic acids is 1. The van der Waals surface area contributed by atoms with E-state index in [9.17, 15) is 44.3 Å². The number of hydrogen-bond acceptors (Lipinski definition) is 9. The molecular formula is C23H34N2O11S3. The van der Waals surface area contributed by atoms with Crippen molar-refractivity contribution < 1.29 is 48.8 Å². The van der Waals surface area contributed by atoms with Gasteiger partial charge in [0.15, 0.2) is 5.78 Å². The first kappa shape index (κ1) is 32.9. The Kier molecular flexibility index (Phi) is 10.1. The number of anilines is 1. The summed E-state index contributed by atoms with van der Waals surface area (Å²) in [4.78, 5) is 14.7. The van der Waals surface area contributed by atoms with Gasteiger partial charge in [-0.2, -0.15) is 25.3 Å². The number of aliphatic hydroxyl groups is 1. The van der Waals surface area contributed by atoms with Crippen LogP contribution in [0, 0.1) is 17.8 Å². The lowest BCUT2D eigenvalue weighted by molar-refractivity contribution is -0.121. The fraction of sp³-hybridized carbons (Fsp3) is 0.522. The summed E-state index contributed by atoms with van der Waals surface area (Å²) >= 11 is 0. The van der Waals surface area contributed by atoms with E-state index in [2.05, 4.69) is 6.58 Å². The first-order valence-electron chi connectivity index (χ1n) is 11.8. The molecule has 1 aromatic rings. The molecule has 5 N–H and O–H groups in total. The lowest BCUT2D eigenvalue weighted by Crippen LogP contribution is -2.54. The standard InChI is InChI=1S/C23H34N2O11S3/c1-6-17(14(3)16(5)38(31,32)33)12-25(11-13(2)15(4)37(28,29)30)21-22(26)20(23(21)27)18-7-9-19(10-8-18)24-39(34,35)36/h6-10,13-17,21,24,26H,1,11-12H2,2-5H3,(H,28,29,30)(H,31,32,33)(H,34,35,36)/t13?,14-,15+,16+,17?,21?/m1/s1. The van der Waals surface area contributed by atoms with Crippen LogP contribution in [-0.4, -0.2) is 84.3 Å². The Morgan fingerprint density at radius 2 is 1.44 bits per heavy atom. The molecule has 0 radical (unpaired) electrons. The minimum atomic E-state index is -4.52. The Balaban J connectivity index is 2.44. The third kappa shape index (κ3) is 8.09. The summed E-state index contributed by atoms with van der Waals surface area (Å²) in [7, 11) is -13.3. The average Bonchev–Trinajstić information content (AvgIpc) is 2.80. The maximum Gasteiger partial charge on any atom is 0.357 e. The van der Waals surface area contributed by atoms with Gasteiger partial charge in [0, 0.05) is 13.1 Å². The molecule has 0 heterocycles. The van der Waals surface area contributed by atoms with Crippen LogP contribution < -0.4 is 4.72 Å². The minimum absolute atomic E-state index is 0.00934. The molecule has 0 amide bonds. The predicted molar refractivity (Wildman–Crippen MR) is 146 cm³/mol. The van der Waals surface area contributed by atoms with Crippen LogP contribution >= 0.6 is 0 Å². The second-order valence-electron chi connectivity index (χ2n) is 9.81. The summed E-state index contributed by atoms with van der Waals surface area (Å²) in [6.07, 6.45) is 1.45. The summed E-state index contributed by atoms with van der Waals surface area (Å²) in [6, 6.07) is 4.02. The van der Waals surface area contributed by atoms with Gasteiger partial charge in [0.1, 0.15) is 11.8 Å². The molecule has 0 saturated heterocycles. The molecule has 0 saturated carbocycles. The van der Waals surface area contributed by atoms with E-state index < -0.39 is 70.6 Å². The van der Waals surface area contributed by atoms with E-state index in [1.807, 2.05) is 4.72 Å². The van der Waals surface area contributed by atoms with Gasteiger partial charge in [0.2, 0.25) is 0 Å². The van der Waals surface area contributed by atoms with Crippen LogP contribution in [0.4, 0.5) is 5.69 Å². The van der Waals surface area contributed by atoms with E-state index in [-0.39, 0.29) is 35.7 Å². The van der Waals surface area contributed by atoms with Crippen molar-refractivity contribution in [3.05, 3.63) is 48.2 Å². The number of hydrogen-bond donors (Lipinski definition) is 5. The molecule has 16 heteroatoms. The van der Waals surface area contributed by atoms with Crippen molar-refractivity contribution in [1.29, 1.82) is 0 Å². The van der Waals surface area contributed by atoms with Gasteiger partial charge in [-0.1, -0.05) is 32.1 Å². The van der Waals surface area contributed by atoms with Crippen molar-refractivity contribution in [2.75, 3.05) is 17.8 Å². The number of benzene rings is 1. The molecule has 2 rings (SSSR count). The van der Waals surface area contributed by atoms with Gasteiger partial charge in [-0.3, -0.25) is 28.1 Å². The molecule has 6 atom stereocenters. The predicted octanol–water partition coefficient (Wildman–Crippen LogP) is 2.05. The van der Waals surface area contributed by atoms with Crippen molar-refractivity contribution >= 4 is 47.6 Å². The highest BCUT2D eigenvalue weighted by atomic mass is 32.2. The van der Waals surface area contributed by atoms with E-state index >= 15 is 0 Å². The fourth-order valence-corrected chi connectivity index (χ4v) is 6.22. The third-order valence-electron chi connectivity index (χ3n) is 7.22. The van der Waals surface area contributed by atoms with Gasteiger partial charge in [-0.05, 0) is 49.3 Å². The van der Waals surface area contributed by atoms with E-state index in [0.717, 1.165) is 0 Å². The molecule has 0 bridgehead atoms. The maximum absolute atomic E-state index is 13.3. The molecule has 1 aliphatic carbocycles. The van der Waals surface area contributed by atoms with Crippen LogP contribution in [0.1, 0.15) is 33.3 Å². The van der Waals surface area contributed by atoms with Crippen LogP contribution in [0.5, 0.6) is 0 Å². The molecule has 1 aromatic carbocycles. The number of Topliss-reactive ketones (excluding diaryl/α,β-unsaturated/α-hetero) is 1. The smallest absolute Gasteiger partial charge is 0.357 e. The largest absolute Gasteiger partial charge is 0.509 e. The molecule has 0 aromatic heterocycles. The second-order valence-corrected chi connectivity index (χ2v) is 14.5. The molecule has 0 aliphatic heterocycles. The number of aliphatic hydroxyl groups excluding tert-OH is 1. The zero-order valence-corrected chi connectivity index (χ0v) is 24.2. The Bertz CT molecular complexity index is 1440. The SMILES string of the molecule is C=CC(CN(CC(C)[C@H](C)S(=O)(=O)O)C1C(=O)C(c2ccc(NS(=O)(=O)O)cc2)=C1O)[C@H](C)[C@H](C)S(=O)(=O)O. The first-order valence-corrected chi connectivity index (χ1v) is 16.3. The maximum atomic E-state index is 13.3. The minimum Gasteiger partial charge on any atom is -0.509 e. The molecule has 0 fully saturated rings. The highest BCUT2D eigenvalue weighted by Gasteiger charge is 2.46. The van der Waals surface area contributed by atoms with Gasteiger partial charge in [0.05, 0.1) is 21.8 Å². The highest BCUT2D eigenvalue weighted by Crippen LogP contribution is 2.37. The van der Waals surface area contributed by atoms with Crippen LogP contribution in [0.3, 0.4) is 0 Å². The molecule has 220 valence electrons. The lowest BCUT2D eigenvalue weighted by atomic mass is 9.81. The van der Waals surface area contributed by atoms with Crippen molar-refractivity contribution in [3.8, 4) is 0 Å². The number of ketones is 1. The fourth-order valence-electron chi connectivity index (χ4n) is 4.37. The third-order valence-corrected chi connectivity index (χ3v) is 10.5. The van der Waals surface area contributed by atoms with Gasteiger partial charge in [0.25, 0.3) is 20.2 Å². The molecule has 0 spiro atoms. The molecule has 3 unspecified atom stereocenters. The van der Waals surface area contributed by atoms with Crippen molar-refractivity contribution in [3.63, 3.8) is 0 Å². The molecule has 13 nitrogen and oxygen atoms in total. The van der Waals surface area contributed by atoms with Crippen LogP contribution in [0.15, 0.2) is 42.7 Å². The van der Waals surface area contributed by atoms with Crippen molar-refractivity contribution in [2.45, 2.75) is 44.2 Å². The molecule has 1 aliphatic rings. The lowest BCUT2D eigenvalue weighted by Gasteiger charge is -2.41. The van der Waals surface area contributed by atoms with Crippen molar-refractivity contribution in [2.24, 2.45) is 17.8 Å². The second kappa shape index (κ2) is 12.0. The molecule has 39 heavy (non-hydrogen) atoms. The van der Waals surface area contributed by atoms with Gasteiger partial charge in [-0.15, -0.1) is 6.58 Å². The van der Waals surface area contributed by atoms with Gasteiger partial charge < -0.3 is 5.11 Å².